The molecule has 0 aromatic carbocycles. The third-order valence-corrected chi connectivity index (χ3v) is 4.88. The van der Waals surface area contributed by atoms with Crippen molar-refractivity contribution in [3.63, 3.8) is 0 Å². The van der Waals surface area contributed by atoms with Gasteiger partial charge in [-0.15, -0.1) is 0 Å². The molecule has 5 heteroatoms. The fourth-order valence-electron chi connectivity index (χ4n) is 2.63. The van der Waals surface area contributed by atoms with Gasteiger partial charge in [0.25, 0.3) is 0 Å². The molecule has 1 fully saturated rings. The second-order valence-electron chi connectivity index (χ2n) is 5.93. The molecule has 1 saturated heterocycles. The van der Waals surface area contributed by atoms with Gasteiger partial charge in [0.05, 0.1) is 5.60 Å². The summed E-state index contributed by atoms with van der Waals surface area (Å²) in [6, 6.07) is -0.190. The van der Waals surface area contributed by atoms with E-state index in [0.29, 0.717) is 39.1 Å². The number of ether oxygens (including phenoxy) is 1. The first-order valence-electron chi connectivity index (χ1n) is 7.81. The average molecular weight is 286 g/mol. The van der Waals surface area contributed by atoms with E-state index >= 15 is 0 Å². The van der Waals surface area contributed by atoms with Gasteiger partial charge in [-0.3, -0.25) is 0 Å². The Morgan fingerprint density at radius 2 is 1.70 bits per heavy atom. The lowest BCUT2D eigenvalue weighted by Gasteiger charge is -2.33. The van der Waals surface area contributed by atoms with Crippen molar-refractivity contribution in [2.24, 2.45) is 5.41 Å². The van der Waals surface area contributed by atoms with Gasteiger partial charge in [0.1, 0.15) is 0 Å². The van der Waals surface area contributed by atoms with E-state index in [1.165, 1.54) is 0 Å². The van der Waals surface area contributed by atoms with Crippen LogP contribution in [0.2, 0.25) is 0 Å². The van der Waals surface area contributed by atoms with Gasteiger partial charge >= 0.3 is 6.03 Å². The Balaban J connectivity index is 2.33. The van der Waals surface area contributed by atoms with Gasteiger partial charge in [-0.1, -0.05) is 20.8 Å². The maximum atomic E-state index is 11.9. The molecule has 3 N–H and O–H groups in total. The second kappa shape index (κ2) is 7.84. The van der Waals surface area contributed by atoms with Gasteiger partial charge < -0.3 is 20.5 Å². The molecule has 0 radical (unpaired) electrons. The van der Waals surface area contributed by atoms with E-state index in [1.54, 1.807) is 0 Å². The van der Waals surface area contributed by atoms with Crippen LogP contribution in [-0.2, 0) is 4.74 Å². The molecular formula is C15H30N2O3. The number of amides is 2. The SMILES string of the molecule is CCC(CC)(CC)CNC(=O)NCC1(O)CCOCC1. The third-order valence-electron chi connectivity index (χ3n) is 4.88. The predicted octanol–water partition coefficient (Wildman–Crippen LogP) is 2.04. The van der Waals surface area contributed by atoms with Crippen LogP contribution in [0.25, 0.3) is 0 Å². The molecule has 0 bridgehead atoms. The van der Waals surface area contributed by atoms with Crippen molar-refractivity contribution < 1.29 is 14.6 Å². The van der Waals surface area contributed by atoms with Gasteiger partial charge in [-0.25, -0.2) is 4.79 Å². The molecule has 1 aliphatic heterocycles. The average Bonchev–Trinajstić information content (AvgIpc) is 2.48. The Labute approximate surface area is 122 Å². The van der Waals surface area contributed by atoms with Crippen LogP contribution in [0.15, 0.2) is 0 Å². The number of hydrogen-bond acceptors (Lipinski definition) is 3. The van der Waals surface area contributed by atoms with E-state index in [0.717, 1.165) is 19.3 Å². The molecule has 0 aromatic rings. The van der Waals surface area contributed by atoms with Gasteiger partial charge in [0.15, 0.2) is 0 Å². The number of urea groups is 1. The minimum absolute atomic E-state index is 0.187. The zero-order valence-corrected chi connectivity index (χ0v) is 13.1. The summed E-state index contributed by atoms with van der Waals surface area (Å²) >= 11 is 0. The van der Waals surface area contributed by atoms with Crippen molar-refractivity contribution in [1.29, 1.82) is 0 Å². The molecule has 1 rings (SSSR count). The number of nitrogens with one attached hydrogen (secondary N) is 2. The summed E-state index contributed by atoms with van der Waals surface area (Å²) in [6.07, 6.45) is 4.33. The molecule has 0 atom stereocenters. The van der Waals surface area contributed by atoms with Gasteiger partial charge in [-0.2, -0.15) is 0 Å². The lowest BCUT2D eigenvalue weighted by molar-refractivity contribution is -0.0600. The molecule has 118 valence electrons. The Morgan fingerprint density at radius 3 is 2.20 bits per heavy atom. The van der Waals surface area contributed by atoms with Crippen molar-refractivity contribution in [3.8, 4) is 0 Å². The number of carbonyl (C=O) groups excluding carboxylic acids is 1. The summed E-state index contributed by atoms with van der Waals surface area (Å²) in [4.78, 5) is 11.9. The van der Waals surface area contributed by atoms with Crippen molar-refractivity contribution in [3.05, 3.63) is 0 Å². The highest BCUT2D eigenvalue weighted by molar-refractivity contribution is 5.73. The van der Waals surface area contributed by atoms with Gasteiger partial charge in [0.2, 0.25) is 0 Å². The van der Waals surface area contributed by atoms with Crippen LogP contribution in [0.3, 0.4) is 0 Å². The van der Waals surface area contributed by atoms with Gasteiger partial charge in [0, 0.05) is 39.1 Å². The van der Waals surface area contributed by atoms with Gasteiger partial charge in [-0.05, 0) is 24.7 Å². The number of rotatable bonds is 7. The minimum atomic E-state index is -0.813. The summed E-state index contributed by atoms with van der Waals surface area (Å²) in [7, 11) is 0. The summed E-state index contributed by atoms with van der Waals surface area (Å²) in [5.74, 6) is 0. The van der Waals surface area contributed by atoms with Crippen LogP contribution in [0.5, 0.6) is 0 Å². The molecule has 5 nitrogen and oxygen atoms in total. The molecule has 20 heavy (non-hydrogen) atoms. The van der Waals surface area contributed by atoms with Crippen LogP contribution in [0, 0.1) is 5.41 Å². The maximum absolute atomic E-state index is 11.9. The van der Waals surface area contributed by atoms with Crippen LogP contribution in [0.4, 0.5) is 4.79 Å². The minimum Gasteiger partial charge on any atom is -0.388 e. The fraction of sp³-hybridized carbons (Fsp3) is 0.933. The van der Waals surface area contributed by atoms with Crippen molar-refractivity contribution >= 4 is 6.03 Å². The zero-order valence-electron chi connectivity index (χ0n) is 13.1. The van der Waals surface area contributed by atoms with E-state index < -0.39 is 5.60 Å². The van der Waals surface area contributed by atoms with Crippen molar-refractivity contribution in [1.82, 2.24) is 10.6 Å². The van der Waals surface area contributed by atoms with E-state index in [-0.39, 0.29) is 11.4 Å². The first-order valence-corrected chi connectivity index (χ1v) is 7.81. The molecule has 0 spiro atoms. The fourth-order valence-corrected chi connectivity index (χ4v) is 2.63. The van der Waals surface area contributed by atoms with Crippen LogP contribution in [-0.4, -0.2) is 43.0 Å². The number of aliphatic hydroxyl groups is 1. The molecule has 0 saturated carbocycles. The number of hydrogen-bond donors (Lipinski definition) is 3. The summed E-state index contributed by atoms with van der Waals surface area (Å²) in [5.41, 5.74) is -0.625. The Morgan fingerprint density at radius 1 is 1.15 bits per heavy atom. The smallest absolute Gasteiger partial charge is 0.314 e. The van der Waals surface area contributed by atoms with E-state index in [4.69, 9.17) is 4.74 Å². The normalized spacial score (nSPS) is 18.6. The first-order chi connectivity index (χ1) is 9.49. The maximum Gasteiger partial charge on any atom is 0.314 e. The molecule has 0 unspecified atom stereocenters. The highest BCUT2D eigenvalue weighted by Crippen LogP contribution is 2.29. The Kier molecular flexibility index (Phi) is 6.76. The van der Waals surface area contributed by atoms with Crippen LogP contribution in [0.1, 0.15) is 52.9 Å². The molecule has 2 amide bonds. The highest BCUT2D eigenvalue weighted by atomic mass is 16.5. The summed E-state index contributed by atoms with van der Waals surface area (Å²) in [5, 5.41) is 16.0. The summed E-state index contributed by atoms with van der Waals surface area (Å²) in [6.45, 7) is 8.59. The molecule has 1 heterocycles. The standard InChI is InChI=1S/C15H30N2O3/c1-4-14(5-2,6-3)11-16-13(18)17-12-15(19)7-9-20-10-8-15/h19H,4-12H2,1-3H3,(H2,16,17,18). The predicted molar refractivity (Wildman–Crippen MR) is 79.7 cm³/mol. The molecule has 0 aliphatic carbocycles. The lowest BCUT2D eigenvalue weighted by atomic mass is 9.80. The van der Waals surface area contributed by atoms with Crippen LogP contribution >= 0.6 is 0 Å². The van der Waals surface area contributed by atoms with E-state index in [1.807, 2.05) is 0 Å². The zero-order chi connectivity index (χ0) is 15.1. The van der Waals surface area contributed by atoms with E-state index in [9.17, 15) is 9.90 Å². The van der Waals surface area contributed by atoms with Crippen LogP contribution < -0.4 is 10.6 Å². The van der Waals surface area contributed by atoms with Crippen molar-refractivity contribution in [2.75, 3.05) is 26.3 Å². The lowest BCUT2D eigenvalue weighted by Crippen LogP contribution is -2.50. The third kappa shape index (κ3) is 4.94. The largest absolute Gasteiger partial charge is 0.388 e. The Hall–Kier alpha value is -0.810. The molecule has 1 aliphatic rings. The highest BCUT2D eigenvalue weighted by Gasteiger charge is 2.30. The van der Waals surface area contributed by atoms with E-state index in [2.05, 4.69) is 31.4 Å². The first kappa shape index (κ1) is 17.2. The number of carbonyl (C=O) groups is 1. The molecular weight excluding hydrogens is 256 g/mol. The van der Waals surface area contributed by atoms with Crippen molar-refractivity contribution in [2.45, 2.75) is 58.5 Å². The molecule has 0 aromatic heterocycles. The monoisotopic (exact) mass is 286 g/mol. The second-order valence-corrected chi connectivity index (χ2v) is 5.93. The quantitative estimate of drug-likeness (QED) is 0.671. The topological polar surface area (TPSA) is 70.6 Å². The Bertz CT molecular complexity index is 289. The summed E-state index contributed by atoms with van der Waals surface area (Å²) < 4.78 is 5.22.